The van der Waals surface area contributed by atoms with E-state index in [9.17, 15) is 22.7 Å². The van der Waals surface area contributed by atoms with Gasteiger partial charge in [0.25, 0.3) is 5.72 Å². The third-order valence-corrected chi connectivity index (χ3v) is 4.87. The monoisotopic (exact) mass is 397 g/mol. The van der Waals surface area contributed by atoms with Crippen molar-refractivity contribution in [1.29, 1.82) is 0 Å². The summed E-state index contributed by atoms with van der Waals surface area (Å²) in [5, 5.41) is 16.1. The summed E-state index contributed by atoms with van der Waals surface area (Å²) in [4.78, 5) is 4.14. The second kappa shape index (κ2) is 6.17. The second-order valence-corrected chi connectivity index (χ2v) is 6.69. The Balaban J connectivity index is 1.74. The Bertz CT molecular complexity index is 983. The summed E-state index contributed by atoms with van der Waals surface area (Å²) in [5.74, 6) is -0.302. The number of hydrogen-bond donors (Lipinski definition) is 1. The molecule has 1 aliphatic rings. The number of hydrogen-bond acceptors (Lipinski definition) is 6. The van der Waals surface area contributed by atoms with Gasteiger partial charge in [0.15, 0.2) is 0 Å². The molecule has 0 saturated carbocycles. The van der Waals surface area contributed by atoms with Gasteiger partial charge in [0.2, 0.25) is 5.13 Å². The molecule has 0 bridgehead atoms. The fourth-order valence-corrected chi connectivity index (χ4v) is 3.51. The van der Waals surface area contributed by atoms with Gasteiger partial charge in [0, 0.05) is 10.9 Å². The lowest BCUT2D eigenvalue weighted by Crippen LogP contribution is -2.55. The first-order chi connectivity index (χ1) is 12.8. The van der Waals surface area contributed by atoms with Crippen LogP contribution in [0.2, 0.25) is 0 Å². The van der Waals surface area contributed by atoms with E-state index in [0.717, 1.165) is 11.3 Å². The lowest BCUT2D eigenvalue weighted by atomic mass is 10.1. The molecule has 10 heteroatoms. The Hall–Kier alpha value is -2.72. The molecule has 0 spiro atoms. The summed E-state index contributed by atoms with van der Waals surface area (Å²) in [6, 6.07) is 8.36. The van der Waals surface area contributed by atoms with E-state index in [-0.39, 0.29) is 16.6 Å². The van der Waals surface area contributed by atoms with Gasteiger partial charge in [-0.25, -0.2) is 9.37 Å². The maximum absolute atomic E-state index is 13.6. The fraction of sp³-hybridized carbons (Fsp3) is 0.176. The van der Waals surface area contributed by atoms with E-state index in [1.54, 1.807) is 0 Å². The van der Waals surface area contributed by atoms with E-state index in [4.69, 9.17) is 4.42 Å². The summed E-state index contributed by atoms with van der Waals surface area (Å²) in [7, 11) is 0. The molecule has 0 amide bonds. The van der Waals surface area contributed by atoms with Crippen LogP contribution in [0.3, 0.4) is 0 Å². The van der Waals surface area contributed by atoms with E-state index in [0.29, 0.717) is 16.3 Å². The van der Waals surface area contributed by atoms with Crippen LogP contribution in [-0.4, -0.2) is 27.7 Å². The van der Waals surface area contributed by atoms with E-state index in [1.807, 2.05) is 0 Å². The van der Waals surface area contributed by atoms with Crippen LogP contribution in [-0.2, 0) is 0 Å². The molecule has 1 atom stereocenters. The van der Waals surface area contributed by atoms with Crippen LogP contribution in [0, 0.1) is 5.82 Å². The molecular weight excluding hydrogens is 386 g/mol. The Morgan fingerprint density at radius 2 is 1.93 bits per heavy atom. The summed E-state index contributed by atoms with van der Waals surface area (Å²) in [6.07, 6.45) is -4.47. The Labute approximate surface area is 154 Å². The number of aliphatic hydroxyl groups is 1. The number of thiazole rings is 1. The summed E-state index contributed by atoms with van der Waals surface area (Å²) in [5.41, 5.74) is -2.41. The lowest BCUT2D eigenvalue weighted by Gasteiger charge is -2.32. The van der Waals surface area contributed by atoms with Gasteiger partial charge in [-0.1, -0.05) is 0 Å². The van der Waals surface area contributed by atoms with Crippen molar-refractivity contribution in [1.82, 2.24) is 4.98 Å². The molecule has 4 rings (SSSR count). The van der Waals surface area contributed by atoms with Crippen molar-refractivity contribution in [3.8, 4) is 11.3 Å². The smallest absolute Gasteiger partial charge is 0.438 e. The first-order valence-electron chi connectivity index (χ1n) is 7.70. The van der Waals surface area contributed by atoms with Crippen LogP contribution in [0.15, 0.2) is 57.6 Å². The highest BCUT2D eigenvalue weighted by molar-refractivity contribution is 7.14. The van der Waals surface area contributed by atoms with Crippen molar-refractivity contribution in [3.05, 3.63) is 59.6 Å². The highest BCUT2D eigenvalue weighted by Gasteiger charge is 2.63. The molecule has 1 aromatic carbocycles. The quantitative estimate of drug-likeness (QED) is 0.665. The molecule has 1 N–H and O–H groups in total. The predicted octanol–water partition coefficient (Wildman–Crippen LogP) is 4.41. The molecule has 0 saturated heterocycles. The number of furan rings is 1. The lowest BCUT2D eigenvalue weighted by molar-refractivity contribution is -0.254. The van der Waals surface area contributed by atoms with Crippen LogP contribution >= 0.6 is 11.3 Å². The van der Waals surface area contributed by atoms with Crippen molar-refractivity contribution in [2.45, 2.75) is 18.3 Å². The zero-order chi connectivity index (χ0) is 19.2. The number of hydrazone groups is 1. The first kappa shape index (κ1) is 17.7. The van der Waals surface area contributed by atoms with Gasteiger partial charge in [0.05, 0.1) is 18.4 Å². The van der Waals surface area contributed by atoms with Gasteiger partial charge in [-0.3, -0.25) is 0 Å². The molecular formula is C17H11F4N3O2S. The SMILES string of the molecule is O[C@@]1(C(F)(F)F)CC(c2ccco2)=NN1c1nc(-c2ccc(F)cc2)cs1. The van der Waals surface area contributed by atoms with Gasteiger partial charge in [-0.15, -0.1) is 11.3 Å². The summed E-state index contributed by atoms with van der Waals surface area (Å²) in [6.45, 7) is 0. The normalized spacial score (nSPS) is 20.2. The molecule has 140 valence electrons. The average Bonchev–Trinajstić information content (AvgIpc) is 3.34. The molecule has 2 aromatic heterocycles. The Morgan fingerprint density at radius 1 is 1.19 bits per heavy atom. The Morgan fingerprint density at radius 3 is 2.56 bits per heavy atom. The molecule has 0 fully saturated rings. The van der Waals surface area contributed by atoms with Crippen LogP contribution < -0.4 is 5.01 Å². The predicted molar refractivity (Wildman–Crippen MR) is 90.9 cm³/mol. The molecule has 1 aliphatic heterocycles. The summed E-state index contributed by atoms with van der Waals surface area (Å²) < 4.78 is 59.0. The highest BCUT2D eigenvalue weighted by atomic mass is 32.1. The number of halogens is 4. The number of benzene rings is 1. The minimum absolute atomic E-state index is 0.0432. The highest BCUT2D eigenvalue weighted by Crippen LogP contribution is 2.45. The van der Waals surface area contributed by atoms with Gasteiger partial charge >= 0.3 is 6.18 Å². The van der Waals surface area contributed by atoms with E-state index in [2.05, 4.69) is 10.1 Å². The second-order valence-electron chi connectivity index (χ2n) is 5.85. The van der Waals surface area contributed by atoms with Crippen LogP contribution in [0.1, 0.15) is 12.2 Å². The van der Waals surface area contributed by atoms with Crippen molar-refractivity contribution in [3.63, 3.8) is 0 Å². The zero-order valence-electron chi connectivity index (χ0n) is 13.4. The van der Waals surface area contributed by atoms with Gasteiger partial charge in [-0.05, 0) is 36.4 Å². The standard InChI is InChI=1S/C17H11F4N3O2S/c18-11-5-3-10(4-6-11)13-9-27-15(22-13)24-16(25,17(19,20)21)8-12(23-24)14-2-1-7-26-14/h1-7,9,25H,8H2/t16-/m1/s1. The van der Waals surface area contributed by atoms with Gasteiger partial charge in [0.1, 0.15) is 17.3 Å². The maximum atomic E-state index is 13.6. The largest absolute Gasteiger partial charge is 0.463 e. The fourth-order valence-electron chi connectivity index (χ4n) is 2.66. The van der Waals surface area contributed by atoms with Gasteiger partial charge in [-0.2, -0.15) is 23.3 Å². The summed E-state index contributed by atoms with van der Waals surface area (Å²) >= 11 is 0.887. The van der Waals surface area contributed by atoms with Crippen molar-refractivity contribution in [2.75, 3.05) is 5.01 Å². The minimum atomic E-state index is -4.98. The number of nitrogens with zero attached hydrogens (tertiary/aromatic N) is 3. The molecule has 0 aliphatic carbocycles. The number of aromatic nitrogens is 1. The third kappa shape index (κ3) is 3.00. The maximum Gasteiger partial charge on any atom is 0.438 e. The average molecular weight is 397 g/mol. The zero-order valence-corrected chi connectivity index (χ0v) is 14.3. The van der Waals surface area contributed by atoms with Crippen LogP contribution in [0.25, 0.3) is 11.3 Å². The van der Waals surface area contributed by atoms with Gasteiger partial charge < -0.3 is 9.52 Å². The van der Waals surface area contributed by atoms with Crippen molar-refractivity contribution < 1.29 is 27.1 Å². The molecule has 3 aromatic rings. The molecule has 5 nitrogen and oxygen atoms in total. The molecule has 3 heterocycles. The van der Waals surface area contributed by atoms with Crippen molar-refractivity contribution >= 4 is 22.2 Å². The van der Waals surface area contributed by atoms with Crippen LogP contribution in [0.4, 0.5) is 22.7 Å². The van der Waals surface area contributed by atoms with Crippen molar-refractivity contribution in [2.24, 2.45) is 5.10 Å². The van der Waals surface area contributed by atoms with Crippen LogP contribution in [0.5, 0.6) is 0 Å². The number of rotatable bonds is 3. The van der Waals surface area contributed by atoms with E-state index >= 15 is 0 Å². The number of alkyl halides is 3. The molecule has 0 unspecified atom stereocenters. The first-order valence-corrected chi connectivity index (χ1v) is 8.58. The minimum Gasteiger partial charge on any atom is -0.463 e. The third-order valence-electron chi connectivity index (χ3n) is 4.06. The topological polar surface area (TPSA) is 61.9 Å². The molecule has 0 radical (unpaired) electrons. The van der Waals surface area contributed by atoms with E-state index < -0.39 is 24.1 Å². The molecule has 27 heavy (non-hydrogen) atoms. The van der Waals surface area contributed by atoms with E-state index in [1.165, 1.54) is 48.0 Å². The number of anilines is 1. The Kier molecular flexibility index (Phi) is 4.04.